The van der Waals surface area contributed by atoms with E-state index in [4.69, 9.17) is 5.11 Å². The van der Waals surface area contributed by atoms with E-state index < -0.39 is 0 Å². The molecule has 0 radical (unpaired) electrons. The van der Waals surface area contributed by atoms with Crippen molar-refractivity contribution in [3.05, 3.63) is 28.5 Å². The van der Waals surface area contributed by atoms with Crippen molar-refractivity contribution in [3.8, 4) is 0 Å². The van der Waals surface area contributed by atoms with Crippen LogP contribution in [-0.2, 0) is 6.61 Å². The summed E-state index contributed by atoms with van der Waals surface area (Å²) in [4.78, 5) is 3.91. The summed E-state index contributed by atoms with van der Waals surface area (Å²) in [5.74, 6) is 0. The quantitative estimate of drug-likeness (QED) is 0.773. The van der Waals surface area contributed by atoms with Crippen LogP contribution in [0.25, 0.3) is 0 Å². The van der Waals surface area contributed by atoms with Gasteiger partial charge in [-0.3, -0.25) is 0 Å². The molecule has 0 saturated heterocycles. The molecule has 1 rings (SSSR count). The van der Waals surface area contributed by atoms with Crippen LogP contribution in [0.3, 0.4) is 0 Å². The summed E-state index contributed by atoms with van der Waals surface area (Å²) in [6.07, 6.45) is 1.67. The Morgan fingerprint density at radius 3 is 2.15 bits per heavy atom. The highest BCUT2D eigenvalue weighted by molar-refractivity contribution is 9.10. The number of hydrogen-bond donors (Lipinski definition) is 1. The zero-order valence-electron chi connectivity index (χ0n) is 8.71. The summed E-state index contributed by atoms with van der Waals surface area (Å²) in [7, 11) is 0. The Morgan fingerprint density at radius 2 is 1.85 bits per heavy atom. The maximum absolute atomic E-state index is 8.65. The van der Waals surface area contributed by atoms with Crippen molar-refractivity contribution in [2.45, 2.75) is 34.3 Å². The van der Waals surface area contributed by atoms with Gasteiger partial charge in [-0.15, -0.1) is 0 Å². The first-order chi connectivity index (χ1) is 6.34. The van der Waals surface area contributed by atoms with Gasteiger partial charge in [-0.25, -0.2) is 4.98 Å². The van der Waals surface area contributed by atoms with Gasteiger partial charge >= 0.3 is 0 Å². The second-order valence-corrected chi connectivity index (χ2v) is 2.36. The molecule has 1 aromatic heterocycles. The monoisotopic (exact) mass is 247 g/mol. The predicted octanol–water partition coefficient (Wildman–Crippen LogP) is 3.39. The molecule has 0 aromatic carbocycles. The molecule has 0 spiro atoms. The zero-order valence-corrected chi connectivity index (χ0v) is 10.3. The van der Waals surface area contributed by atoms with Gasteiger partial charge in [-0.05, 0) is 22.0 Å². The molecule has 0 saturated carbocycles. The average molecular weight is 248 g/mol. The van der Waals surface area contributed by atoms with E-state index in [-0.39, 0.29) is 6.61 Å². The number of aliphatic hydroxyl groups is 1. The molecule has 1 heterocycles. The van der Waals surface area contributed by atoms with Crippen molar-refractivity contribution in [3.63, 3.8) is 0 Å². The van der Waals surface area contributed by atoms with Crippen molar-refractivity contribution in [2.24, 2.45) is 0 Å². The van der Waals surface area contributed by atoms with Gasteiger partial charge < -0.3 is 5.11 Å². The number of aliphatic hydroxyl groups excluding tert-OH is 1. The second-order valence-electron chi connectivity index (χ2n) is 1.61. The van der Waals surface area contributed by atoms with Crippen LogP contribution >= 0.6 is 15.9 Å². The smallest absolute Gasteiger partial charge is 0.111 e. The SMILES string of the molecule is CC.CC.OCc1cccnc1Br. The molecule has 0 amide bonds. The van der Waals surface area contributed by atoms with Crippen LogP contribution in [0.4, 0.5) is 0 Å². The lowest BCUT2D eigenvalue weighted by atomic mass is 10.3. The third kappa shape index (κ3) is 6.72. The maximum atomic E-state index is 8.65. The van der Waals surface area contributed by atoms with Crippen molar-refractivity contribution >= 4 is 15.9 Å². The molecular weight excluding hydrogens is 230 g/mol. The molecule has 2 nitrogen and oxygen atoms in total. The average Bonchev–Trinajstić information content (AvgIpc) is 2.24. The number of pyridine rings is 1. The Bertz CT molecular complexity index is 204. The largest absolute Gasteiger partial charge is 0.392 e. The van der Waals surface area contributed by atoms with Gasteiger partial charge in [-0.1, -0.05) is 33.8 Å². The molecule has 76 valence electrons. The fraction of sp³-hybridized carbons (Fsp3) is 0.500. The summed E-state index contributed by atoms with van der Waals surface area (Å²) in [6, 6.07) is 3.60. The van der Waals surface area contributed by atoms with E-state index >= 15 is 0 Å². The fourth-order valence-electron chi connectivity index (χ4n) is 0.537. The van der Waals surface area contributed by atoms with Crippen molar-refractivity contribution in [1.29, 1.82) is 0 Å². The molecule has 0 aliphatic carbocycles. The molecular formula is C10H18BrNO. The van der Waals surface area contributed by atoms with Crippen LogP contribution < -0.4 is 0 Å². The predicted molar refractivity (Wildman–Crippen MR) is 60.6 cm³/mol. The number of rotatable bonds is 1. The van der Waals surface area contributed by atoms with Crippen LogP contribution in [0, 0.1) is 0 Å². The molecule has 0 aliphatic rings. The standard InChI is InChI=1S/C6H6BrNO.2C2H6/c7-6-5(4-9)2-1-3-8-6;2*1-2/h1-3,9H,4H2;2*1-2H3. The van der Waals surface area contributed by atoms with Crippen LogP contribution in [0.15, 0.2) is 22.9 Å². The Labute approximate surface area is 89.1 Å². The third-order valence-electron chi connectivity index (χ3n) is 1.01. The minimum atomic E-state index is 0.0361. The van der Waals surface area contributed by atoms with E-state index in [0.29, 0.717) is 4.60 Å². The van der Waals surface area contributed by atoms with Crippen LogP contribution in [0.2, 0.25) is 0 Å². The van der Waals surface area contributed by atoms with Gasteiger partial charge in [0, 0.05) is 11.8 Å². The number of aromatic nitrogens is 1. The number of hydrogen-bond acceptors (Lipinski definition) is 2. The third-order valence-corrected chi connectivity index (χ3v) is 1.72. The highest BCUT2D eigenvalue weighted by atomic mass is 79.9. The summed E-state index contributed by atoms with van der Waals surface area (Å²) in [6.45, 7) is 8.04. The topological polar surface area (TPSA) is 33.1 Å². The lowest BCUT2D eigenvalue weighted by Gasteiger charge is -1.95. The van der Waals surface area contributed by atoms with E-state index in [1.165, 1.54) is 0 Å². The van der Waals surface area contributed by atoms with E-state index in [1.807, 2.05) is 33.8 Å². The van der Waals surface area contributed by atoms with E-state index in [2.05, 4.69) is 20.9 Å². The lowest BCUT2D eigenvalue weighted by Crippen LogP contribution is -1.85. The Hall–Kier alpha value is -0.410. The minimum Gasteiger partial charge on any atom is -0.392 e. The van der Waals surface area contributed by atoms with Crippen LogP contribution in [0.1, 0.15) is 33.3 Å². The number of halogens is 1. The molecule has 0 aliphatic heterocycles. The highest BCUT2D eigenvalue weighted by Gasteiger charge is 1.94. The fourth-order valence-corrected chi connectivity index (χ4v) is 0.913. The molecule has 0 bridgehead atoms. The zero-order chi connectivity index (χ0) is 10.7. The second kappa shape index (κ2) is 11.6. The van der Waals surface area contributed by atoms with Gasteiger partial charge in [0.25, 0.3) is 0 Å². The molecule has 0 fully saturated rings. The van der Waals surface area contributed by atoms with Crippen molar-refractivity contribution in [2.75, 3.05) is 0 Å². The summed E-state index contributed by atoms with van der Waals surface area (Å²) >= 11 is 3.19. The molecule has 0 atom stereocenters. The first-order valence-corrected chi connectivity index (χ1v) is 5.34. The Morgan fingerprint density at radius 1 is 1.31 bits per heavy atom. The van der Waals surface area contributed by atoms with Gasteiger partial charge in [0.1, 0.15) is 4.60 Å². The first-order valence-electron chi connectivity index (χ1n) is 4.55. The van der Waals surface area contributed by atoms with Crippen molar-refractivity contribution in [1.82, 2.24) is 4.98 Å². The maximum Gasteiger partial charge on any atom is 0.111 e. The van der Waals surface area contributed by atoms with Crippen LogP contribution in [0.5, 0.6) is 0 Å². The summed E-state index contributed by atoms with van der Waals surface area (Å²) < 4.78 is 0.715. The molecule has 13 heavy (non-hydrogen) atoms. The molecule has 1 N–H and O–H groups in total. The van der Waals surface area contributed by atoms with Gasteiger partial charge in [0.15, 0.2) is 0 Å². The summed E-state index contributed by atoms with van der Waals surface area (Å²) in [5.41, 5.74) is 0.817. The molecule has 3 heteroatoms. The Balaban J connectivity index is 0. The highest BCUT2D eigenvalue weighted by Crippen LogP contribution is 2.11. The normalized spacial score (nSPS) is 7.54. The first kappa shape index (κ1) is 15.1. The minimum absolute atomic E-state index is 0.0361. The molecule has 0 unspecified atom stereocenters. The van der Waals surface area contributed by atoms with Gasteiger partial charge in [0.2, 0.25) is 0 Å². The van der Waals surface area contributed by atoms with Gasteiger partial charge in [0.05, 0.1) is 6.61 Å². The van der Waals surface area contributed by atoms with E-state index in [9.17, 15) is 0 Å². The lowest BCUT2D eigenvalue weighted by molar-refractivity contribution is 0.280. The van der Waals surface area contributed by atoms with Crippen LogP contribution in [-0.4, -0.2) is 10.1 Å². The summed E-state index contributed by atoms with van der Waals surface area (Å²) in [5, 5.41) is 8.65. The van der Waals surface area contributed by atoms with Crippen molar-refractivity contribution < 1.29 is 5.11 Å². The van der Waals surface area contributed by atoms with Gasteiger partial charge in [-0.2, -0.15) is 0 Å². The van der Waals surface area contributed by atoms with E-state index in [0.717, 1.165) is 5.56 Å². The molecule has 1 aromatic rings. The van der Waals surface area contributed by atoms with E-state index in [1.54, 1.807) is 12.3 Å². The number of nitrogens with zero attached hydrogens (tertiary/aromatic N) is 1. The Kier molecular flexibility index (Phi) is 13.4.